The van der Waals surface area contributed by atoms with Crippen molar-refractivity contribution < 1.29 is 9.52 Å². The Morgan fingerprint density at radius 3 is 2.70 bits per heavy atom. The number of para-hydroxylation sites is 2. The lowest BCUT2D eigenvalue weighted by Gasteiger charge is -2.06. The number of fused-ring (bicyclic) bond motifs is 1. The Bertz CT molecular complexity index is 1150. The zero-order valence-electron chi connectivity index (χ0n) is 14.3. The third-order valence-corrected chi connectivity index (χ3v) is 4.74. The number of oxazole rings is 1. The van der Waals surface area contributed by atoms with Gasteiger partial charge in [-0.15, -0.1) is 0 Å². The van der Waals surface area contributed by atoms with Gasteiger partial charge in [0.15, 0.2) is 5.58 Å². The number of phenolic OH excluding ortho intramolecular Hbond substituents is 1. The van der Waals surface area contributed by atoms with E-state index in [0.717, 1.165) is 27.9 Å². The molecule has 0 saturated carbocycles. The van der Waals surface area contributed by atoms with Gasteiger partial charge in [-0.25, -0.2) is 4.98 Å². The molecular weight excluding hydrogens is 383 g/mol. The van der Waals surface area contributed by atoms with Gasteiger partial charge in [0.25, 0.3) is 0 Å². The van der Waals surface area contributed by atoms with Gasteiger partial charge in [-0.1, -0.05) is 41.4 Å². The van der Waals surface area contributed by atoms with E-state index in [9.17, 15) is 5.11 Å². The summed E-state index contributed by atoms with van der Waals surface area (Å²) in [4.78, 5) is 9.03. The van der Waals surface area contributed by atoms with Gasteiger partial charge in [0, 0.05) is 22.4 Å². The SMILES string of the molecule is Cc1c(N=Cc2cc(Cl)cc(Cl)c2O)cccc1-c1nc2ccccc2o1. The Balaban J connectivity index is 1.74. The number of benzene rings is 3. The first-order valence-electron chi connectivity index (χ1n) is 8.20. The maximum absolute atomic E-state index is 10.1. The molecule has 6 heteroatoms. The van der Waals surface area contributed by atoms with Gasteiger partial charge in [-0.2, -0.15) is 0 Å². The topological polar surface area (TPSA) is 58.6 Å². The third kappa shape index (κ3) is 3.42. The lowest BCUT2D eigenvalue weighted by atomic mass is 10.1. The first-order valence-corrected chi connectivity index (χ1v) is 8.96. The summed E-state index contributed by atoms with van der Waals surface area (Å²) in [5, 5.41) is 10.7. The minimum atomic E-state index is -0.0578. The van der Waals surface area contributed by atoms with Gasteiger partial charge in [0.2, 0.25) is 5.89 Å². The molecule has 4 nitrogen and oxygen atoms in total. The summed E-state index contributed by atoms with van der Waals surface area (Å²) in [6.45, 7) is 1.95. The van der Waals surface area contributed by atoms with Crippen molar-refractivity contribution in [2.24, 2.45) is 4.99 Å². The molecule has 1 N–H and O–H groups in total. The number of hydrogen-bond acceptors (Lipinski definition) is 4. The van der Waals surface area contributed by atoms with Crippen molar-refractivity contribution in [1.29, 1.82) is 0 Å². The summed E-state index contributed by atoms with van der Waals surface area (Å²) < 4.78 is 5.87. The summed E-state index contributed by atoms with van der Waals surface area (Å²) in [7, 11) is 0. The minimum absolute atomic E-state index is 0.0578. The molecule has 0 saturated heterocycles. The summed E-state index contributed by atoms with van der Waals surface area (Å²) in [5.41, 5.74) is 4.48. The van der Waals surface area contributed by atoms with Gasteiger partial charge >= 0.3 is 0 Å². The van der Waals surface area contributed by atoms with Crippen LogP contribution in [0.5, 0.6) is 5.75 Å². The second-order valence-corrected chi connectivity index (χ2v) is 6.86. The normalized spacial score (nSPS) is 11.5. The van der Waals surface area contributed by atoms with E-state index in [2.05, 4.69) is 9.98 Å². The number of aromatic hydroxyl groups is 1. The number of aliphatic imine (C=N–C) groups is 1. The molecule has 0 amide bonds. The van der Waals surface area contributed by atoms with Crippen LogP contribution in [-0.4, -0.2) is 16.3 Å². The van der Waals surface area contributed by atoms with Crippen molar-refractivity contribution in [3.8, 4) is 17.2 Å². The fourth-order valence-corrected chi connectivity index (χ4v) is 3.31. The highest BCUT2D eigenvalue weighted by Crippen LogP contribution is 2.33. The van der Waals surface area contributed by atoms with Crippen LogP contribution in [-0.2, 0) is 0 Å². The molecule has 0 fully saturated rings. The van der Waals surface area contributed by atoms with Crippen molar-refractivity contribution in [2.45, 2.75) is 6.92 Å². The van der Waals surface area contributed by atoms with Crippen LogP contribution in [0.25, 0.3) is 22.6 Å². The standard InChI is InChI=1S/C21H14Cl2N2O2/c1-12-15(21-25-18-6-2-3-8-19(18)27-21)5-4-7-17(12)24-11-13-9-14(22)10-16(23)20(13)26/h2-11,26H,1H3. The molecule has 1 heterocycles. The van der Waals surface area contributed by atoms with Crippen LogP contribution in [0.4, 0.5) is 5.69 Å². The summed E-state index contributed by atoms with van der Waals surface area (Å²) in [6.07, 6.45) is 1.53. The number of nitrogens with zero attached hydrogens (tertiary/aromatic N) is 2. The molecule has 0 atom stereocenters. The van der Waals surface area contributed by atoms with Crippen molar-refractivity contribution in [2.75, 3.05) is 0 Å². The van der Waals surface area contributed by atoms with Crippen LogP contribution in [0.15, 0.2) is 64.0 Å². The van der Waals surface area contributed by atoms with Crippen molar-refractivity contribution in [1.82, 2.24) is 4.98 Å². The first kappa shape index (κ1) is 17.6. The van der Waals surface area contributed by atoms with Crippen LogP contribution in [0, 0.1) is 6.92 Å². The lowest BCUT2D eigenvalue weighted by molar-refractivity contribution is 0.475. The van der Waals surface area contributed by atoms with Gasteiger partial charge in [-0.3, -0.25) is 4.99 Å². The predicted molar refractivity (Wildman–Crippen MR) is 110 cm³/mol. The largest absolute Gasteiger partial charge is 0.506 e. The van der Waals surface area contributed by atoms with Crippen LogP contribution < -0.4 is 0 Å². The Morgan fingerprint density at radius 1 is 1.07 bits per heavy atom. The molecule has 134 valence electrons. The van der Waals surface area contributed by atoms with Crippen LogP contribution in [0.1, 0.15) is 11.1 Å². The molecule has 4 rings (SSSR count). The molecule has 0 aliphatic rings. The minimum Gasteiger partial charge on any atom is -0.506 e. The molecule has 3 aromatic carbocycles. The monoisotopic (exact) mass is 396 g/mol. The Morgan fingerprint density at radius 2 is 1.89 bits per heavy atom. The van der Waals surface area contributed by atoms with Gasteiger partial charge < -0.3 is 9.52 Å². The Hall–Kier alpha value is -2.82. The molecule has 0 aliphatic heterocycles. The Kier molecular flexibility index (Phi) is 4.60. The predicted octanol–water partition coefficient (Wildman–Crippen LogP) is 6.57. The average molecular weight is 397 g/mol. The van der Waals surface area contributed by atoms with Gasteiger partial charge in [-0.05, 0) is 48.9 Å². The molecule has 0 aliphatic carbocycles. The van der Waals surface area contributed by atoms with Crippen molar-refractivity contribution in [3.05, 3.63) is 75.8 Å². The lowest BCUT2D eigenvalue weighted by Crippen LogP contribution is -1.87. The fraction of sp³-hybridized carbons (Fsp3) is 0.0476. The third-order valence-electron chi connectivity index (χ3n) is 4.23. The highest BCUT2D eigenvalue weighted by atomic mass is 35.5. The van der Waals surface area contributed by atoms with Crippen LogP contribution in [0.2, 0.25) is 10.0 Å². The van der Waals surface area contributed by atoms with E-state index < -0.39 is 0 Å². The molecule has 4 aromatic rings. The zero-order chi connectivity index (χ0) is 19.0. The van der Waals surface area contributed by atoms with Gasteiger partial charge in [0.1, 0.15) is 11.3 Å². The van der Waals surface area contributed by atoms with E-state index in [1.54, 1.807) is 6.07 Å². The highest BCUT2D eigenvalue weighted by Gasteiger charge is 2.12. The Labute approximate surface area is 165 Å². The van der Waals surface area contributed by atoms with Crippen molar-refractivity contribution >= 4 is 46.2 Å². The van der Waals surface area contributed by atoms with E-state index in [-0.39, 0.29) is 10.8 Å². The van der Waals surface area contributed by atoms with E-state index in [1.807, 2.05) is 49.4 Å². The first-order chi connectivity index (χ1) is 13.0. The molecule has 1 aromatic heterocycles. The number of hydrogen-bond donors (Lipinski definition) is 1. The fourth-order valence-electron chi connectivity index (χ4n) is 2.81. The maximum Gasteiger partial charge on any atom is 0.227 e. The number of halogens is 2. The summed E-state index contributed by atoms with van der Waals surface area (Å²) >= 11 is 12.0. The maximum atomic E-state index is 10.1. The molecule has 0 radical (unpaired) electrons. The summed E-state index contributed by atoms with van der Waals surface area (Å²) in [6, 6.07) is 16.4. The molecule has 0 bridgehead atoms. The number of phenols is 1. The highest BCUT2D eigenvalue weighted by molar-refractivity contribution is 6.36. The molecule has 27 heavy (non-hydrogen) atoms. The number of aromatic nitrogens is 1. The average Bonchev–Trinajstić information content (AvgIpc) is 3.08. The molecular formula is C21H14Cl2N2O2. The van der Waals surface area contributed by atoms with E-state index >= 15 is 0 Å². The van der Waals surface area contributed by atoms with E-state index in [4.69, 9.17) is 27.6 Å². The second kappa shape index (κ2) is 7.06. The summed E-state index contributed by atoms with van der Waals surface area (Å²) in [5.74, 6) is 0.483. The number of rotatable bonds is 3. The quantitative estimate of drug-likeness (QED) is 0.398. The molecule has 0 spiro atoms. The zero-order valence-corrected chi connectivity index (χ0v) is 15.8. The van der Waals surface area contributed by atoms with Gasteiger partial charge in [0.05, 0.1) is 10.7 Å². The van der Waals surface area contributed by atoms with E-state index in [1.165, 1.54) is 12.3 Å². The second-order valence-electron chi connectivity index (χ2n) is 6.02. The van der Waals surface area contributed by atoms with Crippen LogP contribution >= 0.6 is 23.2 Å². The smallest absolute Gasteiger partial charge is 0.227 e. The molecule has 0 unspecified atom stereocenters. The van der Waals surface area contributed by atoms with E-state index in [0.29, 0.717) is 16.5 Å². The van der Waals surface area contributed by atoms with Crippen molar-refractivity contribution in [3.63, 3.8) is 0 Å². The van der Waals surface area contributed by atoms with Crippen LogP contribution in [0.3, 0.4) is 0 Å².